The fourth-order valence-electron chi connectivity index (χ4n) is 8.22. The minimum atomic E-state index is -1.28. The molecule has 74 heavy (non-hydrogen) atoms. The first-order valence-corrected chi connectivity index (χ1v) is 22.7. The lowest BCUT2D eigenvalue weighted by Crippen LogP contribution is -2.38. The number of pyridine rings is 2. The molecule has 4 aromatic carbocycles. The van der Waals surface area contributed by atoms with Gasteiger partial charge in [0.2, 0.25) is 0 Å². The molecule has 0 radical (unpaired) electrons. The molecule has 0 aliphatic rings. The van der Waals surface area contributed by atoms with Crippen LogP contribution in [-0.2, 0) is 9.59 Å². The van der Waals surface area contributed by atoms with Crippen molar-refractivity contribution in [3.8, 4) is 11.5 Å². The Morgan fingerprint density at radius 3 is 1.30 bits per heavy atom. The van der Waals surface area contributed by atoms with Gasteiger partial charge in [0.25, 0.3) is 23.6 Å². The highest BCUT2D eigenvalue weighted by molar-refractivity contribution is 6.18. The van der Waals surface area contributed by atoms with Gasteiger partial charge in [-0.1, -0.05) is 24.3 Å². The highest BCUT2D eigenvalue weighted by Gasteiger charge is 2.26. The maximum absolute atomic E-state index is 13.8. The summed E-state index contributed by atoms with van der Waals surface area (Å²) in [7, 11) is 0. The van der Waals surface area contributed by atoms with Gasteiger partial charge in [-0.3, -0.25) is 28.8 Å². The number of amides is 4. The average molecular weight is 999 g/mol. The van der Waals surface area contributed by atoms with E-state index < -0.39 is 60.3 Å². The number of nitrogens with one attached hydrogen (secondary N) is 4. The zero-order chi connectivity index (χ0) is 52.8. The average Bonchev–Trinajstić information content (AvgIpc) is 3.84. The summed E-state index contributed by atoms with van der Waals surface area (Å²) in [5.41, 5.74) is 14.2. The number of benzene rings is 4. The standard InChI is InChI=1S/C54H46N8O12/c1-29-45(47(65)31-15-17-39(55)37(25-31)53(69)70)41-13-3-5-21-61(41)49(29)59-51(67)33-9-7-11-35(23-33)73-27-43(63)57-19-20-58-44(64)28-74-36-12-8-10-34(24-36)52(68)60-50-30(2)46(42-14-4-6-22-62(42)50)48(66)32-16-18-40(56)38(26-32)54(71)72/h3-18,21-26H,19-20,27-28,55-56H2,1-2H3,(H,57,63)(H,58,64)(H,59,67)(H,60,68)(H,69,70)(H,71,72). The first-order chi connectivity index (χ1) is 35.5. The summed E-state index contributed by atoms with van der Waals surface area (Å²) in [6, 6.07) is 30.6. The second-order valence-corrected chi connectivity index (χ2v) is 16.7. The Labute approximate surface area is 420 Å². The fraction of sp³-hybridized carbons (Fsp3) is 0.111. The SMILES string of the molecule is Cc1c(C(=O)c2ccc(N)c(C(=O)O)c2)c2ccccn2c1NC(=O)c1cccc(OCC(=O)NCCNC(=O)COc2cccc(C(=O)Nc3c(C)c(C(=O)c4ccc(N)c(C(=O)O)c4)c4ccccn34)c2)c1. The van der Waals surface area contributed by atoms with Gasteiger partial charge < -0.3 is 61.2 Å². The lowest BCUT2D eigenvalue weighted by atomic mass is 9.98. The largest absolute Gasteiger partial charge is 0.484 e. The van der Waals surface area contributed by atoms with Crippen molar-refractivity contribution in [1.29, 1.82) is 0 Å². The fourth-order valence-corrected chi connectivity index (χ4v) is 8.22. The van der Waals surface area contributed by atoms with Gasteiger partial charge in [0.15, 0.2) is 24.8 Å². The Balaban J connectivity index is 0.804. The molecule has 0 aliphatic heterocycles. The number of ether oxygens (including phenoxy) is 2. The monoisotopic (exact) mass is 998 g/mol. The molecule has 0 aliphatic carbocycles. The van der Waals surface area contributed by atoms with Crippen LogP contribution < -0.4 is 42.2 Å². The van der Waals surface area contributed by atoms with Gasteiger partial charge in [-0.2, -0.15) is 0 Å². The van der Waals surface area contributed by atoms with E-state index in [4.69, 9.17) is 20.9 Å². The van der Waals surface area contributed by atoms with Crippen LogP contribution in [0.3, 0.4) is 0 Å². The van der Waals surface area contributed by atoms with E-state index in [2.05, 4.69) is 21.3 Å². The number of carbonyl (C=O) groups excluding carboxylic acids is 6. The van der Waals surface area contributed by atoms with Crippen LogP contribution >= 0.6 is 0 Å². The molecule has 4 amide bonds. The zero-order valence-electron chi connectivity index (χ0n) is 39.6. The summed E-state index contributed by atoms with van der Waals surface area (Å²) >= 11 is 0. The van der Waals surface area contributed by atoms with Gasteiger partial charge in [0.05, 0.1) is 33.3 Å². The van der Waals surface area contributed by atoms with Gasteiger partial charge in [-0.05, 0) is 111 Å². The van der Waals surface area contributed by atoms with Crippen LogP contribution in [-0.4, -0.2) is 92.5 Å². The van der Waals surface area contributed by atoms with Crippen LogP contribution in [0.2, 0.25) is 0 Å². The summed E-state index contributed by atoms with van der Waals surface area (Å²) in [5, 5.41) is 30.1. The van der Waals surface area contributed by atoms with E-state index in [9.17, 15) is 48.6 Å². The number of anilines is 4. The Hall–Kier alpha value is -10.2. The lowest BCUT2D eigenvalue weighted by Gasteiger charge is -2.11. The van der Waals surface area contributed by atoms with Crippen molar-refractivity contribution in [2.45, 2.75) is 13.8 Å². The van der Waals surface area contributed by atoms with E-state index in [0.29, 0.717) is 33.8 Å². The molecule has 0 saturated carbocycles. The third kappa shape index (κ3) is 10.6. The van der Waals surface area contributed by atoms with Crippen molar-refractivity contribution in [2.24, 2.45) is 0 Å². The van der Waals surface area contributed by atoms with Crippen LogP contribution in [0.15, 0.2) is 134 Å². The molecule has 20 heteroatoms. The number of aromatic nitrogens is 2. The Morgan fingerprint density at radius 2 is 0.905 bits per heavy atom. The number of carbonyl (C=O) groups is 8. The molecule has 374 valence electrons. The van der Waals surface area contributed by atoms with Crippen LogP contribution in [0.5, 0.6) is 11.5 Å². The van der Waals surface area contributed by atoms with Crippen LogP contribution in [0.1, 0.15) is 84.4 Å². The Morgan fingerprint density at radius 1 is 0.500 bits per heavy atom. The smallest absolute Gasteiger partial charge is 0.337 e. The topological polar surface area (TPSA) is 304 Å². The number of hydrogen-bond acceptors (Lipinski definition) is 12. The van der Waals surface area contributed by atoms with Gasteiger partial charge in [-0.15, -0.1) is 0 Å². The number of rotatable bonds is 19. The predicted octanol–water partition coefficient (Wildman–Crippen LogP) is 6.03. The quantitative estimate of drug-likeness (QED) is 0.0261. The normalized spacial score (nSPS) is 10.9. The van der Waals surface area contributed by atoms with E-state index in [1.807, 2.05) is 0 Å². The number of carboxylic acid groups (broad SMARTS) is 2. The molecule has 4 heterocycles. The van der Waals surface area contributed by atoms with Crippen molar-refractivity contribution in [2.75, 3.05) is 48.4 Å². The molecule has 8 rings (SSSR count). The van der Waals surface area contributed by atoms with E-state index in [1.165, 1.54) is 48.5 Å². The maximum Gasteiger partial charge on any atom is 0.337 e. The number of nitrogen functional groups attached to an aromatic ring is 2. The first-order valence-electron chi connectivity index (χ1n) is 22.7. The zero-order valence-corrected chi connectivity index (χ0v) is 39.6. The van der Waals surface area contributed by atoms with Crippen LogP contribution in [0.25, 0.3) is 11.0 Å². The summed E-state index contributed by atoms with van der Waals surface area (Å²) < 4.78 is 14.6. The van der Waals surface area contributed by atoms with Crippen molar-refractivity contribution in [3.05, 3.63) is 189 Å². The highest BCUT2D eigenvalue weighted by Crippen LogP contribution is 2.33. The van der Waals surface area contributed by atoms with Gasteiger partial charge >= 0.3 is 11.9 Å². The van der Waals surface area contributed by atoms with Gasteiger partial charge in [0.1, 0.15) is 23.1 Å². The number of nitrogens with two attached hydrogens (primary N) is 2. The van der Waals surface area contributed by atoms with Crippen molar-refractivity contribution in [1.82, 2.24) is 19.4 Å². The first kappa shape index (κ1) is 50.2. The van der Waals surface area contributed by atoms with Gasteiger partial charge in [0, 0.05) is 70.2 Å². The third-order valence-corrected chi connectivity index (χ3v) is 11.9. The summed E-state index contributed by atoms with van der Waals surface area (Å²) in [5.74, 6) is -4.52. The Bertz CT molecular complexity index is 3380. The predicted molar refractivity (Wildman–Crippen MR) is 273 cm³/mol. The van der Waals surface area contributed by atoms with Crippen LogP contribution in [0.4, 0.5) is 23.0 Å². The van der Waals surface area contributed by atoms with Crippen molar-refractivity contribution < 1.29 is 58.0 Å². The summed E-state index contributed by atoms with van der Waals surface area (Å²) in [6.45, 7) is 2.61. The van der Waals surface area contributed by atoms with E-state index in [0.717, 1.165) is 0 Å². The van der Waals surface area contributed by atoms with E-state index in [-0.39, 0.29) is 80.5 Å². The number of carboxylic acids is 2. The summed E-state index contributed by atoms with van der Waals surface area (Å²) in [4.78, 5) is 103. The molecule has 0 spiro atoms. The number of ketones is 2. The molecule has 10 N–H and O–H groups in total. The molecule has 20 nitrogen and oxygen atoms in total. The van der Waals surface area contributed by atoms with Crippen LogP contribution in [0, 0.1) is 13.8 Å². The van der Waals surface area contributed by atoms with Crippen molar-refractivity contribution >= 4 is 81.2 Å². The van der Waals surface area contributed by atoms with E-state index >= 15 is 0 Å². The minimum absolute atomic E-state index is 0.0121. The highest BCUT2D eigenvalue weighted by atomic mass is 16.5. The van der Waals surface area contributed by atoms with E-state index in [1.54, 1.807) is 108 Å². The molecular weight excluding hydrogens is 953 g/mol. The molecular formula is C54H46N8O12. The molecule has 0 saturated heterocycles. The maximum atomic E-state index is 13.8. The number of nitrogens with zero attached hydrogens (tertiary/aromatic N) is 2. The number of hydrogen-bond donors (Lipinski definition) is 8. The lowest BCUT2D eigenvalue weighted by molar-refractivity contribution is -0.124. The molecule has 0 atom stereocenters. The number of fused-ring (bicyclic) bond motifs is 2. The third-order valence-electron chi connectivity index (χ3n) is 11.9. The van der Waals surface area contributed by atoms with Crippen molar-refractivity contribution in [3.63, 3.8) is 0 Å². The molecule has 8 aromatic rings. The molecule has 0 fully saturated rings. The second-order valence-electron chi connectivity index (χ2n) is 16.7. The number of aromatic carboxylic acids is 2. The summed E-state index contributed by atoms with van der Waals surface area (Å²) in [6.07, 6.45) is 3.35. The molecule has 0 unspecified atom stereocenters. The Kier molecular flexibility index (Phi) is 14.5. The molecule has 0 bridgehead atoms. The molecule has 4 aromatic heterocycles. The minimum Gasteiger partial charge on any atom is -0.484 e. The van der Waals surface area contributed by atoms with Gasteiger partial charge in [-0.25, -0.2) is 9.59 Å². The second kappa shape index (κ2) is 21.4.